The summed E-state index contributed by atoms with van der Waals surface area (Å²) in [4.78, 5) is 28.6. The van der Waals surface area contributed by atoms with E-state index >= 15 is 0 Å². The molecule has 5 nitrogen and oxygen atoms in total. The number of hydrogen-bond donors (Lipinski definition) is 1. The SMILES string of the molecule is C[C@@]12CCC(=O)N1[C@@H](C(=O)Nc1cc(C(F)(F)F)ccc1N1CCCCC1)CS2. The van der Waals surface area contributed by atoms with Gasteiger partial charge in [-0.2, -0.15) is 13.2 Å². The van der Waals surface area contributed by atoms with E-state index in [-0.39, 0.29) is 11.6 Å². The fourth-order valence-electron chi connectivity index (χ4n) is 4.45. The average molecular weight is 427 g/mol. The molecule has 3 aliphatic heterocycles. The molecule has 4 rings (SSSR count). The summed E-state index contributed by atoms with van der Waals surface area (Å²) in [5.41, 5.74) is -0.0272. The van der Waals surface area contributed by atoms with E-state index in [1.54, 1.807) is 16.7 Å². The van der Waals surface area contributed by atoms with E-state index < -0.39 is 28.6 Å². The van der Waals surface area contributed by atoms with Crippen molar-refractivity contribution in [2.45, 2.75) is 56.1 Å². The van der Waals surface area contributed by atoms with Crippen molar-refractivity contribution in [1.82, 2.24) is 4.90 Å². The normalized spacial score (nSPS) is 27.3. The molecule has 0 bridgehead atoms. The molecule has 0 radical (unpaired) electrons. The van der Waals surface area contributed by atoms with Crippen LogP contribution >= 0.6 is 11.8 Å². The van der Waals surface area contributed by atoms with Crippen molar-refractivity contribution in [2.24, 2.45) is 0 Å². The Morgan fingerprint density at radius 1 is 1.24 bits per heavy atom. The number of amides is 2. The Bertz CT molecular complexity index is 826. The molecule has 2 atom stereocenters. The van der Waals surface area contributed by atoms with Crippen LogP contribution in [0.2, 0.25) is 0 Å². The summed E-state index contributed by atoms with van der Waals surface area (Å²) in [6.07, 6.45) is -0.387. The van der Waals surface area contributed by atoms with Crippen molar-refractivity contribution in [3.8, 4) is 0 Å². The molecule has 9 heteroatoms. The van der Waals surface area contributed by atoms with E-state index in [1.807, 2.05) is 11.8 Å². The first-order valence-electron chi connectivity index (χ1n) is 9.92. The zero-order chi connectivity index (χ0) is 20.8. The highest BCUT2D eigenvalue weighted by Gasteiger charge is 2.53. The van der Waals surface area contributed by atoms with E-state index in [0.29, 0.717) is 24.3 Å². The van der Waals surface area contributed by atoms with E-state index in [2.05, 4.69) is 5.32 Å². The number of fused-ring (bicyclic) bond motifs is 1. The van der Waals surface area contributed by atoms with Gasteiger partial charge in [0.25, 0.3) is 0 Å². The Kier molecular flexibility index (Phi) is 5.21. The summed E-state index contributed by atoms with van der Waals surface area (Å²) in [5.74, 6) is -0.0430. The molecule has 0 spiro atoms. The average Bonchev–Trinajstić information content (AvgIpc) is 3.17. The molecule has 3 heterocycles. The number of carbonyl (C=O) groups excluding carboxylic acids is 2. The standard InChI is InChI=1S/C20H24F3N3O2S/c1-19-8-7-17(27)26(19)16(12-29-19)18(28)24-14-11-13(20(21,22)23)5-6-15(14)25-9-3-2-4-10-25/h5-6,11,16H,2-4,7-10,12H2,1H3,(H,24,28)/t16-,19-/m1/s1. The molecule has 3 aliphatic rings. The quantitative estimate of drug-likeness (QED) is 0.790. The van der Waals surface area contributed by atoms with Crippen LogP contribution in [-0.2, 0) is 15.8 Å². The third-order valence-corrected chi connectivity index (χ3v) is 7.53. The molecule has 3 fully saturated rings. The number of anilines is 2. The van der Waals surface area contributed by atoms with Crippen LogP contribution in [0.5, 0.6) is 0 Å². The number of carbonyl (C=O) groups is 2. The van der Waals surface area contributed by atoms with Crippen LogP contribution in [0.15, 0.2) is 18.2 Å². The fraction of sp³-hybridized carbons (Fsp3) is 0.600. The summed E-state index contributed by atoms with van der Waals surface area (Å²) in [7, 11) is 0. The molecule has 3 saturated heterocycles. The smallest absolute Gasteiger partial charge is 0.370 e. The minimum absolute atomic E-state index is 0.0713. The monoisotopic (exact) mass is 427 g/mol. The maximum absolute atomic E-state index is 13.3. The van der Waals surface area contributed by atoms with Crippen LogP contribution in [-0.4, -0.2) is 46.5 Å². The third kappa shape index (κ3) is 3.81. The second-order valence-corrected chi connectivity index (χ2v) is 9.53. The number of benzene rings is 1. The second-order valence-electron chi connectivity index (χ2n) is 8.03. The Balaban J connectivity index is 1.62. The lowest BCUT2D eigenvalue weighted by Gasteiger charge is -2.32. The molecule has 0 aromatic heterocycles. The molecule has 0 saturated carbocycles. The molecular weight excluding hydrogens is 403 g/mol. The second kappa shape index (κ2) is 7.41. The van der Waals surface area contributed by atoms with Gasteiger partial charge in [-0.1, -0.05) is 0 Å². The molecular formula is C20H24F3N3O2S. The highest BCUT2D eigenvalue weighted by atomic mass is 32.2. The van der Waals surface area contributed by atoms with Crippen molar-refractivity contribution < 1.29 is 22.8 Å². The Morgan fingerprint density at radius 2 is 1.97 bits per heavy atom. The maximum Gasteiger partial charge on any atom is 0.416 e. The summed E-state index contributed by atoms with van der Waals surface area (Å²) in [6, 6.07) is 2.85. The number of piperidine rings is 1. The van der Waals surface area contributed by atoms with Crippen LogP contribution in [0.1, 0.15) is 44.6 Å². The molecule has 158 valence electrons. The van der Waals surface area contributed by atoms with E-state index in [0.717, 1.165) is 44.5 Å². The van der Waals surface area contributed by atoms with E-state index in [9.17, 15) is 22.8 Å². The lowest BCUT2D eigenvalue weighted by molar-refractivity contribution is -0.137. The van der Waals surface area contributed by atoms with Crippen LogP contribution < -0.4 is 10.2 Å². The van der Waals surface area contributed by atoms with Gasteiger partial charge in [0.1, 0.15) is 6.04 Å². The highest BCUT2D eigenvalue weighted by molar-refractivity contribution is 8.01. The van der Waals surface area contributed by atoms with Crippen LogP contribution in [0.4, 0.5) is 24.5 Å². The molecule has 1 aromatic rings. The fourth-order valence-corrected chi connectivity index (χ4v) is 5.89. The first-order valence-corrected chi connectivity index (χ1v) is 10.9. The van der Waals surface area contributed by atoms with Crippen molar-refractivity contribution in [3.63, 3.8) is 0 Å². The topological polar surface area (TPSA) is 52.7 Å². The van der Waals surface area contributed by atoms with Gasteiger partial charge >= 0.3 is 6.18 Å². The van der Waals surface area contributed by atoms with Gasteiger partial charge < -0.3 is 15.1 Å². The first-order chi connectivity index (χ1) is 13.7. The maximum atomic E-state index is 13.3. The Labute approximate surface area is 172 Å². The van der Waals surface area contributed by atoms with E-state index in [1.165, 1.54) is 6.07 Å². The minimum atomic E-state index is -4.49. The predicted octanol–water partition coefficient (Wildman–Crippen LogP) is 4.09. The van der Waals surface area contributed by atoms with E-state index in [4.69, 9.17) is 0 Å². The van der Waals surface area contributed by atoms with Crippen LogP contribution in [0.25, 0.3) is 0 Å². The van der Waals surface area contributed by atoms with Crippen LogP contribution in [0.3, 0.4) is 0 Å². The molecule has 1 aromatic carbocycles. The highest BCUT2D eigenvalue weighted by Crippen LogP contribution is 2.47. The van der Waals surface area contributed by atoms with Crippen molar-refractivity contribution in [3.05, 3.63) is 23.8 Å². The largest absolute Gasteiger partial charge is 0.416 e. The summed E-state index contributed by atoms with van der Waals surface area (Å²) in [6.45, 7) is 3.44. The van der Waals surface area contributed by atoms with Gasteiger partial charge in [0.15, 0.2) is 0 Å². The van der Waals surface area contributed by atoms with Crippen molar-refractivity contribution in [1.29, 1.82) is 0 Å². The minimum Gasteiger partial charge on any atom is -0.370 e. The van der Waals surface area contributed by atoms with Gasteiger partial charge in [-0.3, -0.25) is 9.59 Å². The van der Waals surface area contributed by atoms with Crippen molar-refractivity contribution >= 4 is 35.0 Å². The summed E-state index contributed by atoms with van der Waals surface area (Å²) in [5, 5.41) is 2.72. The molecule has 0 unspecified atom stereocenters. The van der Waals surface area contributed by atoms with Crippen LogP contribution in [0, 0.1) is 0 Å². The van der Waals surface area contributed by atoms with Gasteiger partial charge in [0.2, 0.25) is 11.8 Å². The number of thioether (sulfide) groups is 1. The Morgan fingerprint density at radius 3 is 2.66 bits per heavy atom. The molecule has 2 amide bonds. The zero-order valence-corrected chi connectivity index (χ0v) is 17.0. The first kappa shape index (κ1) is 20.4. The number of alkyl halides is 3. The van der Waals surface area contributed by atoms with Gasteiger partial charge in [0, 0.05) is 25.3 Å². The Hall–Kier alpha value is -1.90. The van der Waals surface area contributed by atoms with Gasteiger partial charge in [-0.05, 0) is 50.8 Å². The lowest BCUT2D eigenvalue weighted by Crippen LogP contribution is -2.48. The number of rotatable bonds is 3. The van der Waals surface area contributed by atoms with Crippen molar-refractivity contribution in [2.75, 3.05) is 29.1 Å². The van der Waals surface area contributed by atoms with Gasteiger partial charge in [-0.25, -0.2) is 0 Å². The number of nitrogens with zero attached hydrogens (tertiary/aromatic N) is 2. The van der Waals surface area contributed by atoms with Gasteiger partial charge in [0.05, 0.1) is 21.8 Å². The zero-order valence-electron chi connectivity index (χ0n) is 16.2. The third-order valence-electron chi connectivity index (χ3n) is 6.03. The lowest BCUT2D eigenvalue weighted by atomic mass is 10.1. The number of nitrogens with one attached hydrogen (secondary N) is 1. The number of halogens is 3. The number of hydrogen-bond acceptors (Lipinski definition) is 4. The molecule has 0 aliphatic carbocycles. The summed E-state index contributed by atoms with van der Waals surface area (Å²) >= 11 is 1.56. The molecule has 29 heavy (non-hydrogen) atoms. The molecule has 1 N–H and O–H groups in total. The summed E-state index contributed by atoms with van der Waals surface area (Å²) < 4.78 is 39.8. The predicted molar refractivity (Wildman–Crippen MR) is 107 cm³/mol. The van der Waals surface area contributed by atoms with Gasteiger partial charge in [-0.15, -0.1) is 11.8 Å².